The van der Waals surface area contributed by atoms with Gasteiger partial charge in [-0.1, -0.05) is 17.7 Å². The van der Waals surface area contributed by atoms with Crippen molar-refractivity contribution in [3.8, 4) is 0 Å². The van der Waals surface area contributed by atoms with Crippen molar-refractivity contribution in [1.82, 2.24) is 5.43 Å². The van der Waals surface area contributed by atoms with Crippen LogP contribution in [0, 0.1) is 11.7 Å². The largest absolute Gasteiger partial charge is 0.381 e. The smallest absolute Gasteiger partial charge is 0.141 e. The van der Waals surface area contributed by atoms with Crippen molar-refractivity contribution in [2.45, 2.75) is 18.9 Å². The minimum Gasteiger partial charge on any atom is -0.381 e. The zero-order valence-corrected chi connectivity index (χ0v) is 10.2. The van der Waals surface area contributed by atoms with Gasteiger partial charge in [0.1, 0.15) is 5.82 Å². The highest BCUT2D eigenvalue weighted by atomic mass is 35.5. The summed E-state index contributed by atoms with van der Waals surface area (Å²) in [6.45, 7) is 1.50. The van der Waals surface area contributed by atoms with Gasteiger partial charge in [0.25, 0.3) is 0 Å². The van der Waals surface area contributed by atoms with E-state index >= 15 is 0 Å². The van der Waals surface area contributed by atoms with Crippen LogP contribution in [0.4, 0.5) is 4.39 Å². The third kappa shape index (κ3) is 2.96. The van der Waals surface area contributed by atoms with E-state index in [0.717, 1.165) is 31.6 Å². The summed E-state index contributed by atoms with van der Waals surface area (Å²) in [7, 11) is 0. The van der Waals surface area contributed by atoms with E-state index in [4.69, 9.17) is 22.2 Å². The Labute approximate surface area is 105 Å². The van der Waals surface area contributed by atoms with Crippen LogP contribution in [0.3, 0.4) is 0 Å². The summed E-state index contributed by atoms with van der Waals surface area (Å²) in [5, 5.41) is 0.134. The Hall–Kier alpha value is -0.680. The maximum atomic E-state index is 13.1. The second kappa shape index (κ2) is 5.78. The van der Waals surface area contributed by atoms with Crippen molar-refractivity contribution in [2.75, 3.05) is 13.2 Å². The van der Waals surface area contributed by atoms with Gasteiger partial charge < -0.3 is 4.74 Å². The molecule has 1 saturated heterocycles. The second-order valence-electron chi connectivity index (χ2n) is 4.27. The first kappa shape index (κ1) is 12.8. The molecule has 1 aromatic rings. The van der Waals surface area contributed by atoms with E-state index in [2.05, 4.69) is 5.43 Å². The summed E-state index contributed by atoms with van der Waals surface area (Å²) >= 11 is 5.79. The first-order valence-corrected chi connectivity index (χ1v) is 6.09. The van der Waals surface area contributed by atoms with Crippen molar-refractivity contribution >= 4 is 11.6 Å². The van der Waals surface area contributed by atoms with Crippen LogP contribution in [-0.4, -0.2) is 13.2 Å². The molecule has 1 aliphatic heterocycles. The quantitative estimate of drug-likeness (QED) is 0.647. The number of hydrogen-bond donors (Lipinski definition) is 2. The first-order valence-electron chi connectivity index (χ1n) is 5.71. The lowest BCUT2D eigenvalue weighted by atomic mass is 9.87. The van der Waals surface area contributed by atoms with E-state index in [0.29, 0.717) is 5.92 Å². The van der Waals surface area contributed by atoms with Crippen molar-refractivity contribution in [1.29, 1.82) is 0 Å². The molecule has 2 rings (SSSR count). The molecule has 0 radical (unpaired) electrons. The maximum Gasteiger partial charge on any atom is 0.141 e. The topological polar surface area (TPSA) is 47.3 Å². The maximum absolute atomic E-state index is 13.1. The zero-order valence-electron chi connectivity index (χ0n) is 9.46. The molecule has 0 saturated carbocycles. The van der Waals surface area contributed by atoms with Crippen molar-refractivity contribution in [3.63, 3.8) is 0 Å². The number of benzene rings is 1. The predicted octanol–water partition coefficient (Wildman–Crippen LogP) is 2.41. The Balaban J connectivity index is 2.18. The number of halogens is 2. The molecule has 0 bridgehead atoms. The van der Waals surface area contributed by atoms with Gasteiger partial charge in [-0.2, -0.15) is 0 Å². The number of rotatable bonds is 3. The molecule has 0 aromatic heterocycles. The highest BCUT2D eigenvalue weighted by Crippen LogP contribution is 2.31. The van der Waals surface area contributed by atoms with Crippen molar-refractivity contribution in [2.24, 2.45) is 11.8 Å². The van der Waals surface area contributed by atoms with Gasteiger partial charge >= 0.3 is 0 Å². The molecule has 0 aliphatic carbocycles. The molecule has 1 unspecified atom stereocenters. The molecule has 3 N–H and O–H groups in total. The van der Waals surface area contributed by atoms with Gasteiger partial charge in [0.15, 0.2) is 0 Å². The van der Waals surface area contributed by atoms with Crippen LogP contribution < -0.4 is 11.3 Å². The van der Waals surface area contributed by atoms with Gasteiger partial charge in [-0.05, 0) is 36.5 Å². The van der Waals surface area contributed by atoms with Crippen LogP contribution in [-0.2, 0) is 4.74 Å². The molecule has 1 aliphatic rings. The molecule has 0 amide bonds. The molecule has 0 spiro atoms. The number of hydrogen-bond acceptors (Lipinski definition) is 3. The second-order valence-corrected chi connectivity index (χ2v) is 4.67. The highest BCUT2D eigenvalue weighted by molar-refractivity contribution is 6.30. The number of ether oxygens (including phenoxy) is 1. The van der Waals surface area contributed by atoms with Gasteiger partial charge in [0, 0.05) is 19.3 Å². The van der Waals surface area contributed by atoms with Crippen LogP contribution in [0.1, 0.15) is 24.4 Å². The fourth-order valence-electron chi connectivity index (χ4n) is 2.26. The first-order chi connectivity index (χ1) is 8.22. The summed E-state index contributed by atoms with van der Waals surface area (Å²) in [6, 6.07) is 4.73. The van der Waals surface area contributed by atoms with Gasteiger partial charge in [-0.3, -0.25) is 11.3 Å². The Morgan fingerprint density at radius 3 is 2.71 bits per heavy atom. The van der Waals surface area contributed by atoms with E-state index in [9.17, 15) is 4.39 Å². The molecule has 17 heavy (non-hydrogen) atoms. The summed E-state index contributed by atoms with van der Waals surface area (Å²) in [6.07, 6.45) is 1.90. The molecular weight excluding hydrogens is 243 g/mol. The monoisotopic (exact) mass is 258 g/mol. The molecule has 1 atom stereocenters. The lowest BCUT2D eigenvalue weighted by molar-refractivity contribution is 0.0536. The van der Waals surface area contributed by atoms with E-state index in [1.54, 1.807) is 12.1 Å². The summed E-state index contributed by atoms with van der Waals surface area (Å²) in [4.78, 5) is 0. The van der Waals surface area contributed by atoms with Crippen LogP contribution in [0.2, 0.25) is 5.02 Å². The fraction of sp³-hybridized carbons (Fsp3) is 0.500. The molecule has 1 fully saturated rings. The molecule has 1 heterocycles. The van der Waals surface area contributed by atoms with Crippen molar-refractivity contribution < 1.29 is 9.13 Å². The Bertz CT molecular complexity index is 383. The van der Waals surface area contributed by atoms with E-state index in [-0.39, 0.29) is 11.1 Å². The summed E-state index contributed by atoms with van der Waals surface area (Å²) in [5.74, 6) is 5.59. The van der Waals surface area contributed by atoms with Crippen LogP contribution in [0.15, 0.2) is 18.2 Å². The Morgan fingerprint density at radius 1 is 1.41 bits per heavy atom. The average molecular weight is 259 g/mol. The Morgan fingerprint density at radius 2 is 2.12 bits per heavy atom. The third-order valence-corrected chi connectivity index (χ3v) is 3.51. The van der Waals surface area contributed by atoms with Gasteiger partial charge in [0.05, 0.1) is 5.02 Å². The standard InChI is InChI=1S/C12H16ClFN2O/c13-10-7-9(1-2-11(10)14)12(16-15)8-3-5-17-6-4-8/h1-2,7-8,12,16H,3-6,15H2. The minimum atomic E-state index is -0.404. The molecule has 3 nitrogen and oxygen atoms in total. The number of nitrogens with two attached hydrogens (primary N) is 1. The fourth-order valence-corrected chi connectivity index (χ4v) is 2.45. The highest BCUT2D eigenvalue weighted by Gasteiger charge is 2.24. The van der Waals surface area contributed by atoms with Gasteiger partial charge in [-0.25, -0.2) is 4.39 Å². The van der Waals surface area contributed by atoms with Gasteiger partial charge in [0.2, 0.25) is 0 Å². The third-order valence-electron chi connectivity index (χ3n) is 3.22. The predicted molar refractivity (Wildman–Crippen MR) is 65.0 cm³/mol. The van der Waals surface area contributed by atoms with E-state index < -0.39 is 5.82 Å². The molecule has 5 heteroatoms. The van der Waals surface area contributed by atoms with E-state index in [1.165, 1.54) is 6.07 Å². The lowest BCUT2D eigenvalue weighted by Gasteiger charge is -2.30. The number of nitrogens with one attached hydrogen (secondary N) is 1. The molecule has 1 aromatic carbocycles. The molecular formula is C12H16ClFN2O. The average Bonchev–Trinajstić information content (AvgIpc) is 2.36. The van der Waals surface area contributed by atoms with Crippen molar-refractivity contribution in [3.05, 3.63) is 34.6 Å². The van der Waals surface area contributed by atoms with Crippen LogP contribution in [0.25, 0.3) is 0 Å². The molecule has 94 valence electrons. The summed E-state index contributed by atoms with van der Waals surface area (Å²) in [5.41, 5.74) is 3.72. The zero-order chi connectivity index (χ0) is 12.3. The normalized spacial score (nSPS) is 19.2. The van der Waals surface area contributed by atoms with Crippen LogP contribution in [0.5, 0.6) is 0 Å². The SMILES string of the molecule is NNC(c1ccc(F)c(Cl)c1)C1CCOCC1. The lowest BCUT2D eigenvalue weighted by Crippen LogP contribution is -2.36. The minimum absolute atomic E-state index is 0.00278. The van der Waals surface area contributed by atoms with E-state index in [1.807, 2.05) is 0 Å². The number of hydrazine groups is 1. The Kier molecular flexibility index (Phi) is 4.34. The van der Waals surface area contributed by atoms with Crippen LogP contribution >= 0.6 is 11.6 Å². The van der Waals surface area contributed by atoms with Gasteiger partial charge in [-0.15, -0.1) is 0 Å². The summed E-state index contributed by atoms with van der Waals surface area (Å²) < 4.78 is 18.4.